The van der Waals surface area contributed by atoms with Crippen molar-refractivity contribution in [3.8, 4) is 0 Å². The predicted octanol–water partition coefficient (Wildman–Crippen LogP) is 1.18. The van der Waals surface area contributed by atoms with Gasteiger partial charge in [0.25, 0.3) is 0 Å². The van der Waals surface area contributed by atoms with Crippen LogP contribution in [0.15, 0.2) is 29.2 Å². The summed E-state index contributed by atoms with van der Waals surface area (Å²) in [6.07, 6.45) is -0.164. The Morgan fingerprint density at radius 1 is 1.43 bits per heavy atom. The van der Waals surface area contributed by atoms with Gasteiger partial charge in [-0.25, -0.2) is 13.2 Å². The fourth-order valence-electron chi connectivity index (χ4n) is 0.928. The van der Waals surface area contributed by atoms with Crippen LogP contribution in [0, 0.1) is 0 Å². The Kier molecular flexibility index (Phi) is 2.76. The SMILES string of the molecule is CS(=O)(=O)c1cccc(NC(=O)O)c1. The summed E-state index contributed by atoms with van der Waals surface area (Å²) in [5.74, 6) is 0. The van der Waals surface area contributed by atoms with Gasteiger partial charge in [-0.05, 0) is 18.2 Å². The van der Waals surface area contributed by atoms with Gasteiger partial charge in [0.2, 0.25) is 0 Å². The molecule has 14 heavy (non-hydrogen) atoms. The molecule has 0 aromatic heterocycles. The van der Waals surface area contributed by atoms with E-state index >= 15 is 0 Å². The van der Waals surface area contributed by atoms with Crippen molar-refractivity contribution >= 4 is 21.6 Å². The Hall–Kier alpha value is -1.56. The third kappa shape index (κ3) is 2.74. The van der Waals surface area contributed by atoms with Gasteiger partial charge in [0.15, 0.2) is 9.84 Å². The molecule has 0 aliphatic rings. The van der Waals surface area contributed by atoms with Crippen LogP contribution < -0.4 is 5.32 Å². The summed E-state index contributed by atoms with van der Waals surface area (Å²) in [5.41, 5.74) is 0.237. The number of carboxylic acid groups (broad SMARTS) is 1. The smallest absolute Gasteiger partial charge is 0.409 e. The maximum absolute atomic E-state index is 11.1. The molecule has 0 saturated heterocycles. The molecule has 0 heterocycles. The number of hydrogen-bond acceptors (Lipinski definition) is 3. The van der Waals surface area contributed by atoms with Gasteiger partial charge in [-0.15, -0.1) is 0 Å². The zero-order chi connectivity index (χ0) is 10.8. The van der Waals surface area contributed by atoms with Crippen LogP contribution in [0.5, 0.6) is 0 Å². The van der Waals surface area contributed by atoms with E-state index in [9.17, 15) is 13.2 Å². The Morgan fingerprint density at radius 3 is 2.57 bits per heavy atom. The summed E-state index contributed by atoms with van der Waals surface area (Å²) in [5, 5.41) is 10.5. The van der Waals surface area contributed by atoms with Crippen molar-refractivity contribution in [1.29, 1.82) is 0 Å². The maximum Gasteiger partial charge on any atom is 0.409 e. The second-order valence-electron chi connectivity index (χ2n) is 2.73. The molecule has 0 atom stereocenters. The molecule has 5 nitrogen and oxygen atoms in total. The number of sulfone groups is 1. The van der Waals surface area contributed by atoms with Crippen LogP contribution in [0.1, 0.15) is 0 Å². The summed E-state index contributed by atoms with van der Waals surface area (Å²) in [7, 11) is -3.29. The molecule has 0 aliphatic heterocycles. The van der Waals surface area contributed by atoms with Crippen LogP contribution in [0.4, 0.5) is 10.5 Å². The lowest BCUT2D eigenvalue weighted by Gasteiger charge is -2.02. The Balaban J connectivity index is 3.08. The number of hydrogen-bond donors (Lipinski definition) is 2. The molecular weight excluding hydrogens is 206 g/mol. The van der Waals surface area contributed by atoms with Crippen LogP contribution in [0.3, 0.4) is 0 Å². The molecule has 76 valence electrons. The lowest BCUT2D eigenvalue weighted by atomic mass is 10.3. The average Bonchev–Trinajstić information content (AvgIpc) is 2.01. The first kappa shape index (κ1) is 10.5. The highest BCUT2D eigenvalue weighted by atomic mass is 32.2. The molecule has 1 amide bonds. The summed E-state index contributed by atoms with van der Waals surface area (Å²) < 4.78 is 22.2. The molecule has 0 bridgehead atoms. The van der Waals surface area contributed by atoms with E-state index in [1.165, 1.54) is 24.3 Å². The van der Waals surface area contributed by atoms with Crippen molar-refractivity contribution in [3.05, 3.63) is 24.3 Å². The maximum atomic E-state index is 11.1. The first-order valence-electron chi connectivity index (χ1n) is 3.69. The van der Waals surface area contributed by atoms with Crippen molar-refractivity contribution in [2.24, 2.45) is 0 Å². The van der Waals surface area contributed by atoms with E-state index in [0.717, 1.165) is 6.26 Å². The van der Waals surface area contributed by atoms with E-state index in [1.54, 1.807) is 0 Å². The van der Waals surface area contributed by atoms with E-state index in [1.807, 2.05) is 0 Å². The minimum atomic E-state index is -3.29. The zero-order valence-corrected chi connectivity index (χ0v) is 8.21. The van der Waals surface area contributed by atoms with Gasteiger partial charge in [-0.3, -0.25) is 5.32 Å². The number of carbonyl (C=O) groups is 1. The van der Waals surface area contributed by atoms with Gasteiger partial charge in [-0.2, -0.15) is 0 Å². The minimum absolute atomic E-state index is 0.0868. The van der Waals surface area contributed by atoms with Crippen molar-refractivity contribution in [1.82, 2.24) is 0 Å². The van der Waals surface area contributed by atoms with Crippen molar-refractivity contribution < 1.29 is 18.3 Å². The first-order chi connectivity index (χ1) is 6.39. The second kappa shape index (κ2) is 3.67. The highest BCUT2D eigenvalue weighted by molar-refractivity contribution is 7.90. The highest BCUT2D eigenvalue weighted by Gasteiger charge is 2.07. The quantitative estimate of drug-likeness (QED) is 0.775. The van der Waals surface area contributed by atoms with E-state index < -0.39 is 15.9 Å². The topological polar surface area (TPSA) is 83.5 Å². The number of amides is 1. The van der Waals surface area contributed by atoms with Crippen LogP contribution in [-0.4, -0.2) is 25.9 Å². The van der Waals surface area contributed by atoms with E-state index in [0.29, 0.717) is 0 Å². The van der Waals surface area contributed by atoms with Crippen LogP contribution in [0.2, 0.25) is 0 Å². The van der Waals surface area contributed by atoms with Crippen molar-refractivity contribution in [2.75, 3.05) is 11.6 Å². The van der Waals surface area contributed by atoms with Crippen molar-refractivity contribution in [2.45, 2.75) is 4.90 Å². The molecular formula is C8H9NO4S. The summed E-state index contributed by atoms with van der Waals surface area (Å²) in [4.78, 5) is 10.4. The zero-order valence-electron chi connectivity index (χ0n) is 7.39. The standard InChI is InChI=1S/C8H9NO4S/c1-14(12,13)7-4-2-3-6(5-7)9-8(10)11/h2-5,9H,1H3,(H,10,11). The van der Waals surface area contributed by atoms with E-state index in [4.69, 9.17) is 5.11 Å². The van der Waals surface area contributed by atoms with Gasteiger partial charge in [0.05, 0.1) is 4.90 Å². The summed E-state index contributed by atoms with van der Waals surface area (Å²) in [6, 6.07) is 5.62. The number of anilines is 1. The average molecular weight is 215 g/mol. The van der Waals surface area contributed by atoms with Crippen molar-refractivity contribution in [3.63, 3.8) is 0 Å². The Bertz CT molecular complexity index is 452. The van der Waals surface area contributed by atoms with Gasteiger partial charge in [-0.1, -0.05) is 6.07 Å². The van der Waals surface area contributed by atoms with Crippen LogP contribution >= 0.6 is 0 Å². The third-order valence-corrected chi connectivity index (χ3v) is 2.62. The number of benzene rings is 1. The van der Waals surface area contributed by atoms with Gasteiger partial charge in [0, 0.05) is 11.9 Å². The third-order valence-electron chi connectivity index (χ3n) is 1.51. The molecule has 0 fully saturated rings. The molecule has 1 rings (SSSR count). The molecule has 2 N–H and O–H groups in total. The molecule has 0 spiro atoms. The highest BCUT2D eigenvalue weighted by Crippen LogP contribution is 2.14. The van der Waals surface area contributed by atoms with E-state index in [-0.39, 0.29) is 10.6 Å². The van der Waals surface area contributed by atoms with Crippen LogP contribution in [0.25, 0.3) is 0 Å². The summed E-state index contributed by atoms with van der Waals surface area (Å²) >= 11 is 0. The molecule has 6 heteroatoms. The Morgan fingerprint density at radius 2 is 2.07 bits per heavy atom. The van der Waals surface area contributed by atoms with Gasteiger partial charge < -0.3 is 5.11 Å². The molecule has 0 saturated carbocycles. The molecule has 1 aromatic rings. The molecule has 0 aliphatic carbocycles. The first-order valence-corrected chi connectivity index (χ1v) is 5.59. The van der Waals surface area contributed by atoms with E-state index in [2.05, 4.69) is 5.32 Å². The second-order valence-corrected chi connectivity index (χ2v) is 4.75. The lowest BCUT2D eigenvalue weighted by molar-refractivity contribution is 0.209. The normalized spacial score (nSPS) is 10.9. The van der Waals surface area contributed by atoms with Gasteiger partial charge >= 0.3 is 6.09 Å². The number of rotatable bonds is 2. The summed E-state index contributed by atoms with van der Waals surface area (Å²) in [6.45, 7) is 0. The number of nitrogens with one attached hydrogen (secondary N) is 1. The lowest BCUT2D eigenvalue weighted by Crippen LogP contribution is -2.07. The fourth-order valence-corrected chi connectivity index (χ4v) is 1.59. The monoisotopic (exact) mass is 215 g/mol. The molecule has 0 radical (unpaired) electrons. The van der Waals surface area contributed by atoms with Crippen LogP contribution in [-0.2, 0) is 9.84 Å². The largest absolute Gasteiger partial charge is 0.465 e. The minimum Gasteiger partial charge on any atom is -0.465 e. The fraction of sp³-hybridized carbons (Fsp3) is 0.125. The van der Waals surface area contributed by atoms with Gasteiger partial charge in [0.1, 0.15) is 0 Å². The molecule has 1 aromatic carbocycles. The predicted molar refractivity (Wildman–Crippen MR) is 51.2 cm³/mol. The Labute approximate surface area is 81.3 Å². The molecule has 0 unspecified atom stereocenters.